The van der Waals surface area contributed by atoms with E-state index in [-0.39, 0.29) is 56.8 Å². The Kier molecular flexibility index (Phi) is 11.4. The van der Waals surface area contributed by atoms with Gasteiger partial charge in [-0.1, -0.05) is 91.0 Å². The largest absolute Gasteiger partial charge is 0.462 e. The van der Waals surface area contributed by atoms with E-state index in [2.05, 4.69) is 28.1 Å². The van der Waals surface area contributed by atoms with E-state index in [1.54, 1.807) is 13.0 Å². The summed E-state index contributed by atoms with van der Waals surface area (Å²) in [7, 11) is 0. The minimum atomic E-state index is -0.982. The number of esters is 1. The first-order valence-electron chi connectivity index (χ1n) is 16.0. The highest BCUT2D eigenvalue weighted by molar-refractivity contribution is 5.86. The molecular formula is C37H41N3O7. The lowest BCUT2D eigenvalue weighted by Crippen LogP contribution is -2.44. The maximum absolute atomic E-state index is 13.4. The normalized spacial score (nSPS) is 20.6. The molecule has 47 heavy (non-hydrogen) atoms. The molecule has 1 heterocycles. The maximum Gasteiger partial charge on any atom is 0.407 e. The highest BCUT2D eigenvalue weighted by Gasteiger charge is 2.31. The van der Waals surface area contributed by atoms with E-state index in [4.69, 9.17) is 9.47 Å². The first kappa shape index (κ1) is 33.4. The van der Waals surface area contributed by atoms with E-state index in [0.717, 1.165) is 27.8 Å². The van der Waals surface area contributed by atoms with E-state index >= 15 is 0 Å². The zero-order valence-corrected chi connectivity index (χ0v) is 26.4. The van der Waals surface area contributed by atoms with Gasteiger partial charge in [-0.25, -0.2) is 9.59 Å². The van der Waals surface area contributed by atoms with Crippen molar-refractivity contribution in [1.29, 1.82) is 0 Å². The van der Waals surface area contributed by atoms with Crippen LogP contribution >= 0.6 is 0 Å². The van der Waals surface area contributed by atoms with Crippen LogP contribution < -0.4 is 16.0 Å². The average molecular weight is 640 g/mol. The van der Waals surface area contributed by atoms with Gasteiger partial charge in [-0.15, -0.1) is 0 Å². The zero-order valence-electron chi connectivity index (χ0n) is 26.4. The van der Waals surface area contributed by atoms with Gasteiger partial charge in [0, 0.05) is 18.4 Å². The number of nitrogens with one attached hydrogen (secondary N) is 3. The second kappa shape index (κ2) is 16.0. The number of ether oxygens (including phenoxy) is 2. The number of carbonyl (C=O) groups is 4. The Hall–Kier alpha value is -4.96. The van der Waals surface area contributed by atoms with Gasteiger partial charge in [0.05, 0.1) is 18.6 Å². The first-order valence-corrected chi connectivity index (χ1v) is 16.0. The third kappa shape index (κ3) is 8.65. The number of carbonyl (C=O) groups excluding carboxylic acids is 4. The molecule has 1 aliphatic carbocycles. The molecule has 10 heteroatoms. The number of benzene rings is 3. The lowest BCUT2D eigenvalue weighted by Gasteiger charge is -2.24. The van der Waals surface area contributed by atoms with Crippen molar-refractivity contribution >= 4 is 23.9 Å². The van der Waals surface area contributed by atoms with Crippen molar-refractivity contribution < 1.29 is 33.8 Å². The molecule has 246 valence electrons. The zero-order chi connectivity index (χ0) is 33.2. The van der Waals surface area contributed by atoms with Crippen molar-refractivity contribution in [1.82, 2.24) is 16.0 Å². The summed E-state index contributed by atoms with van der Waals surface area (Å²) in [6.07, 6.45) is 3.77. The monoisotopic (exact) mass is 639 g/mol. The molecule has 2 aliphatic rings. The molecule has 0 radical (unpaired) electrons. The number of amides is 3. The number of fused-ring (bicyclic) bond motifs is 3. The second-order valence-corrected chi connectivity index (χ2v) is 12.0. The van der Waals surface area contributed by atoms with Gasteiger partial charge in [-0.05, 0) is 54.0 Å². The lowest BCUT2D eigenvalue weighted by atomic mass is 9.97. The fraction of sp³-hybridized carbons (Fsp3) is 0.351. The Balaban J connectivity index is 1.27. The summed E-state index contributed by atoms with van der Waals surface area (Å²) < 4.78 is 11.4. The Morgan fingerprint density at radius 3 is 2.30 bits per heavy atom. The molecule has 3 aromatic rings. The molecule has 5 rings (SSSR count). The molecule has 4 N–H and O–H groups in total. The van der Waals surface area contributed by atoms with E-state index in [9.17, 15) is 24.3 Å². The van der Waals surface area contributed by atoms with E-state index < -0.39 is 36.1 Å². The number of alkyl carbamates (subject to hydrolysis) is 1. The lowest BCUT2D eigenvalue weighted by molar-refractivity contribution is -0.147. The second-order valence-electron chi connectivity index (χ2n) is 12.0. The summed E-state index contributed by atoms with van der Waals surface area (Å²) in [5.41, 5.74) is 5.12. The van der Waals surface area contributed by atoms with Crippen LogP contribution in [0.4, 0.5) is 4.79 Å². The third-order valence-electron chi connectivity index (χ3n) is 8.52. The van der Waals surface area contributed by atoms with E-state index in [0.29, 0.717) is 6.42 Å². The molecule has 0 fully saturated rings. The number of hydrogen-bond donors (Lipinski definition) is 4. The molecule has 0 aromatic heterocycles. The minimum Gasteiger partial charge on any atom is -0.462 e. The smallest absolute Gasteiger partial charge is 0.407 e. The van der Waals surface area contributed by atoms with Gasteiger partial charge >= 0.3 is 12.1 Å². The molecule has 0 saturated carbocycles. The van der Waals surface area contributed by atoms with Crippen molar-refractivity contribution in [3.05, 3.63) is 108 Å². The highest BCUT2D eigenvalue weighted by atomic mass is 16.6. The van der Waals surface area contributed by atoms with Gasteiger partial charge < -0.3 is 30.5 Å². The van der Waals surface area contributed by atoms with Crippen LogP contribution in [-0.2, 0) is 23.9 Å². The van der Waals surface area contributed by atoms with Gasteiger partial charge in [-0.3, -0.25) is 9.59 Å². The van der Waals surface area contributed by atoms with Crippen LogP contribution in [0, 0.1) is 5.92 Å². The molecule has 4 atom stereocenters. The van der Waals surface area contributed by atoms with Crippen LogP contribution in [0.2, 0.25) is 0 Å². The van der Waals surface area contributed by atoms with Crippen LogP contribution in [-0.4, -0.2) is 60.9 Å². The van der Waals surface area contributed by atoms with Gasteiger partial charge in [0.1, 0.15) is 19.3 Å². The quantitative estimate of drug-likeness (QED) is 0.209. The molecule has 0 spiro atoms. The standard InChI is InChI=1S/C37H41N3O7/c1-24(21-41)38-34(42)20-26-14-6-3-7-19-32(36(44)46-23-33(39-35(26)43)25-12-4-2-5-13-25)40-37(45)47-22-31-29-17-10-8-15-27(29)28-16-9-11-18-30(28)31/h2-6,8-13,15-18,24,26,31-33,41H,7,14,19-23H2,1H3,(H,38,42)(H,39,43)(H,40,45)/t24-,26+,32-,33+/m0/s1. The summed E-state index contributed by atoms with van der Waals surface area (Å²) in [6.45, 7) is 1.39. The average Bonchev–Trinajstić information content (AvgIpc) is 3.41. The number of aliphatic hydroxyl groups is 1. The van der Waals surface area contributed by atoms with Crippen LogP contribution in [0.25, 0.3) is 11.1 Å². The highest BCUT2D eigenvalue weighted by Crippen LogP contribution is 2.44. The topological polar surface area (TPSA) is 143 Å². The Morgan fingerprint density at radius 2 is 1.62 bits per heavy atom. The number of allylic oxidation sites excluding steroid dienone is 2. The summed E-state index contributed by atoms with van der Waals surface area (Å²) >= 11 is 0. The number of hydrogen-bond acceptors (Lipinski definition) is 7. The van der Waals surface area contributed by atoms with Crippen LogP contribution in [0.3, 0.4) is 0 Å². The van der Waals surface area contributed by atoms with Crippen LogP contribution in [0.1, 0.15) is 61.3 Å². The maximum atomic E-state index is 13.4. The Labute approximate surface area is 274 Å². The Morgan fingerprint density at radius 1 is 0.957 bits per heavy atom. The number of cyclic esters (lactones) is 1. The van der Waals surface area contributed by atoms with Crippen molar-refractivity contribution in [3.8, 4) is 11.1 Å². The molecule has 0 bridgehead atoms. The van der Waals surface area contributed by atoms with Crippen molar-refractivity contribution in [2.45, 2.75) is 56.7 Å². The summed E-state index contributed by atoms with van der Waals surface area (Å²) in [6, 6.07) is 23.1. The summed E-state index contributed by atoms with van der Waals surface area (Å²) in [5.74, 6) is -2.16. The molecular weight excluding hydrogens is 598 g/mol. The predicted molar refractivity (Wildman–Crippen MR) is 176 cm³/mol. The Bertz CT molecular complexity index is 1550. The summed E-state index contributed by atoms with van der Waals surface area (Å²) in [4.78, 5) is 52.4. The molecule has 0 unspecified atom stereocenters. The van der Waals surface area contributed by atoms with Crippen molar-refractivity contribution in [3.63, 3.8) is 0 Å². The van der Waals surface area contributed by atoms with Gasteiger partial charge in [-0.2, -0.15) is 0 Å². The minimum absolute atomic E-state index is 0.0756. The molecule has 10 nitrogen and oxygen atoms in total. The molecule has 0 saturated heterocycles. The summed E-state index contributed by atoms with van der Waals surface area (Å²) in [5, 5.41) is 17.6. The molecule has 1 aliphatic heterocycles. The van der Waals surface area contributed by atoms with Gasteiger partial charge in [0.25, 0.3) is 0 Å². The van der Waals surface area contributed by atoms with Gasteiger partial charge in [0.2, 0.25) is 11.8 Å². The SMILES string of the molecule is C[C@@H](CO)NC(=O)C[C@H]1CC=CCC[C@H](NC(=O)OCC2c3ccccc3-c3ccccc32)C(=O)OC[C@H](c2ccccc2)NC1=O. The van der Waals surface area contributed by atoms with E-state index in [1.807, 2.05) is 72.8 Å². The van der Waals surface area contributed by atoms with Crippen molar-refractivity contribution in [2.75, 3.05) is 19.8 Å². The van der Waals surface area contributed by atoms with E-state index in [1.165, 1.54) is 0 Å². The molecule has 3 amide bonds. The first-order chi connectivity index (χ1) is 22.8. The van der Waals surface area contributed by atoms with Gasteiger partial charge in [0.15, 0.2) is 0 Å². The third-order valence-corrected chi connectivity index (χ3v) is 8.52. The van der Waals surface area contributed by atoms with Crippen molar-refractivity contribution in [2.24, 2.45) is 5.92 Å². The fourth-order valence-corrected chi connectivity index (χ4v) is 6.02. The molecule has 3 aromatic carbocycles. The number of aliphatic hydroxyl groups excluding tert-OH is 1. The van der Waals surface area contributed by atoms with Crippen LogP contribution in [0.15, 0.2) is 91.0 Å². The number of rotatable bonds is 8. The van der Waals surface area contributed by atoms with Crippen LogP contribution in [0.5, 0.6) is 0 Å². The fourth-order valence-electron chi connectivity index (χ4n) is 6.02. The predicted octanol–water partition coefficient (Wildman–Crippen LogP) is 4.54.